The van der Waals surface area contributed by atoms with Gasteiger partial charge in [-0.25, -0.2) is 14.6 Å². The number of rotatable bonds is 7. The summed E-state index contributed by atoms with van der Waals surface area (Å²) in [5.74, 6) is -0.785. The molecule has 0 spiro atoms. The Hall–Kier alpha value is -4.40. The number of urea groups is 1. The Kier molecular flexibility index (Phi) is 7.71. The molecular weight excluding hydrogens is 472 g/mol. The van der Waals surface area contributed by atoms with Crippen LogP contribution in [0.4, 0.5) is 16.2 Å². The number of anilines is 2. The van der Waals surface area contributed by atoms with Gasteiger partial charge in [0.05, 0.1) is 7.11 Å². The molecule has 1 atom stereocenters. The number of pyridine rings is 1. The molecule has 9 heteroatoms. The SMILES string of the molecule is COc1nc(C(=O)O)ccc1-c1ccc(NC(=O)[C@H]2CCCN2C(=O)Nc2ccc(C(C)C)cc2)cc1. The van der Waals surface area contributed by atoms with Gasteiger partial charge in [-0.05, 0) is 66.3 Å². The van der Waals surface area contributed by atoms with Crippen LogP contribution < -0.4 is 15.4 Å². The first-order chi connectivity index (χ1) is 17.8. The van der Waals surface area contributed by atoms with Crippen LogP contribution in [0.5, 0.6) is 5.88 Å². The van der Waals surface area contributed by atoms with Crippen LogP contribution in [-0.4, -0.2) is 52.6 Å². The van der Waals surface area contributed by atoms with Crippen LogP contribution in [-0.2, 0) is 4.79 Å². The van der Waals surface area contributed by atoms with E-state index in [9.17, 15) is 14.4 Å². The van der Waals surface area contributed by atoms with Gasteiger partial charge in [-0.1, -0.05) is 38.1 Å². The second-order valence-corrected chi connectivity index (χ2v) is 9.18. The fourth-order valence-corrected chi connectivity index (χ4v) is 4.32. The lowest BCUT2D eigenvalue weighted by atomic mass is 10.0. The lowest BCUT2D eigenvalue weighted by Crippen LogP contribution is -2.45. The molecule has 0 radical (unpaired) electrons. The molecule has 192 valence electrons. The van der Waals surface area contributed by atoms with Gasteiger partial charge in [-0.3, -0.25) is 4.79 Å². The number of nitrogens with one attached hydrogen (secondary N) is 2. The molecule has 0 aliphatic carbocycles. The molecule has 1 aliphatic rings. The summed E-state index contributed by atoms with van der Waals surface area (Å²) >= 11 is 0. The molecule has 4 rings (SSSR count). The second-order valence-electron chi connectivity index (χ2n) is 9.18. The number of likely N-dealkylation sites (tertiary alicyclic amines) is 1. The van der Waals surface area contributed by atoms with Gasteiger partial charge in [-0.15, -0.1) is 0 Å². The number of carboxylic acids is 1. The zero-order valence-electron chi connectivity index (χ0n) is 21.0. The molecule has 0 saturated carbocycles. The Bertz CT molecular complexity index is 1290. The van der Waals surface area contributed by atoms with E-state index < -0.39 is 12.0 Å². The Morgan fingerprint density at radius 1 is 0.973 bits per heavy atom. The highest BCUT2D eigenvalue weighted by molar-refractivity contribution is 5.99. The molecular formula is C28H30N4O5. The van der Waals surface area contributed by atoms with E-state index in [0.717, 1.165) is 12.0 Å². The van der Waals surface area contributed by atoms with E-state index in [-0.39, 0.29) is 23.5 Å². The standard InChI is InChI=1S/C28H30N4O5/c1-17(2)18-6-10-21(11-7-18)30-28(36)32-16-4-5-24(32)25(33)29-20-12-8-19(9-13-20)22-14-15-23(27(34)35)31-26(22)37-3/h6-15,17,24H,4-5,16H2,1-3H3,(H,29,33)(H,30,36)(H,34,35)/t24-/m1/s1. The molecule has 2 aromatic carbocycles. The van der Waals surface area contributed by atoms with Gasteiger partial charge in [0.1, 0.15) is 6.04 Å². The number of aromatic carboxylic acids is 1. The molecule has 3 N–H and O–H groups in total. The van der Waals surface area contributed by atoms with Crippen LogP contribution in [0.1, 0.15) is 48.7 Å². The lowest BCUT2D eigenvalue weighted by Gasteiger charge is -2.24. The van der Waals surface area contributed by atoms with E-state index in [1.54, 1.807) is 35.2 Å². The molecule has 3 amide bonds. The first kappa shape index (κ1) is 25.7. The largest absolute Gasteiger partial charge is 0.481 e. The second kappa shape index (κ2) is 11.1. The third-order valence-electron chi connectivity index (χ3n) is 6.38. The monoisotopic (exact) mass is 502 g/mol. The van der Waals surface area contributed by atoms with Crippen molar-refractivity contribution in [2.75, 3.05) is 24.3 Å². The van der Waals surface area contributed by atoms with Gasteiger partial charge >= 0.3 is 12.0 Å². The zero-order chi connectivity index (χ0) is 26.5. The number of aromatic nitrogens is 1. The minimum absolute atomic E-state index is 0.109. The fourth-order valence-electron chi connectivity index (χ4n) is 4.32. The van der Waals surface area contributed by atoms with Gasteiger partial charge in [-0.2, -0.15) is 0 Å². The van der Waals surface area contributed by atoms with Gasteiger partial charge in [0.2, 0.25) is 11.8 Å². The lowest BCUT2D eigenvalue weighted by molar-refractivity contribution is -0.119. The number of methoxy groups -OCH3 is 1. The smallest absolute Gasteiger partial charge is 0.354 e. The first-order valence-electron chi connectivity index (χ1n) is 12.1. The van der Waals surface area contributed by atoms with Crippen molar-refractivity contribution in [3.8, 4) is 17.0 Å². The molecule has 0 bridgehead atoms. The Labute approximate surface area is 215 Å². The van der Waals surface area contributed by atoms with E-state index in [1.807, 2.05) is 24.3 Å². The summed E-state index contributed by atoms with van der Waals surface area (Å²) in [7, 11) is 1.43. The zero-order valence-corrected chi connectivity index (χ0v) is 21.0. The van der Waals surface area contributed by atoms with E-state index >= 15 is 0 Å². The number of ether oxygens (including phenoxy) is 1. The molecule has 3 aromatic rings. The number of hydrogen-bond donors (Lipinski definition) is 3. The van der Waals surface area contributed by atoms with Crippen molar-refractivity contribution in [1.29, 1.82) is 0 Å². The third-order valence-corrected chi connectivity index (χ3v) is 6.38. The maximum Gasteiger partial charge on any atom is 0.354 e. The molecule has 2 heterocycles. The third kappa shape index (κ3) is 5.88. The molecule has 1 aromatic heterocycles. The van der Waals surface area contributed by atoms with Crippen LogP contribution in [0.15, 0.2) is 60.7 Å². The average molecular weight is 503 g/mol. The van der Waals surface area contributed by atoms with Gasteiger partial charge in [0.25, 0.3) is 0 Å². The quantitative estimate of drug-likeness (QED) is 0.408. The number of carboxylic acid groups (broad SMARTS) is 1. The van der Waals surface area contributed by atoms with Crippen molar-refractivity contribution in [3.05, 3.63) is 71.9 Å². The van der Waals surface area contributed by atoms with E-state index in [0.29, 0.717) is 35.8 Å². The Morgan fingerprint density at radius 3 is 2.24 bits per heavy atom. The summed E-state index contributed by atoms with van der Waals surface area (Å²) in [5, 5.41) is 14.9. The summed E-state index contributed by atoms with van der Waals surface area (Å²) in [5.41, 5.74) is 3.74. The van der Waals surface area contributed by atoms with Crippen molar-refractivity contribution >= 4 is 29.3 Å². The van der Waals surface area contributed by atoms with Crippen molar-refractivity contribution in [2.24, 2.45) is 0 Å². The number of hydrogen-bond acceptors (Lipinski definition) is 5. The predicted molar refractivity (Wildman–Crippen MR) is 141 cm³/mol. The molecule has 9 nitrogen and oxygen atoms in total. The van der Waals surface area contributed by atoms with Crippen molar-refractivity contribution in [2.45, 2.75) is 38.6 Å². The van der Waals surface area contributed by atoms with Crippen molar-refractivity contribution in [1.82, 2.24) is 9.88 Å². The summed E-state index contributed by atoms with van der Waals surface area (Å²) < 4.78 is 5.26. The number of nitrogens with zero attached hydrogens (tertiary/aromatic N) is 2. The van der Waals surface area contributed by atoms with Crippen molar-refractivity contribution < 1.29 is 24.2 Å². The van der Waals surface area contributed by atoms with Crippen LogP contribution >= 0.6 is 0 Å². The van der Waals surface area contributed by atoms with Gasteiger partial charge in [0, 0.05) is 23.5 Å². The van der Waals surface area contributed by atoms with Crippen LogP contribution in [0.2, 0.25) is 0 Å². The van der Waals surface area contributed by atoms with Gasteiger partial charge in [0.15, 0.2) is 5.69 Å². The minimum Gasteiger partial charge on any atom is -0.481 e. The molecule has 37 heavy (non-hydrogen) atoms. The summed E-state index contributed by atoms with van der Waals surface area (Å²) in [6.07, 6.45) is 1.33. The summed E-state index contributed by atoms with van der Waals surface area (Å²) in [6.45, 7) is 4.73. The van der Waals surface area contributed by atoms with E-state index in [1.165, 1.54) is 18.7 Å². The minimum atomic E-state index is -1.14. The first-order valence-corrected chi connectivity index (χ1v) is 12.1. The van der Waals surface area contributed by atoms with E-state index in [4.69, 9.17) is 9.84 Å². The summed E-state index contributed by atoms with van der Waals surface area (Å²) in [6, 6.07) is 17.0. The predicted octanol–water partition coefficient (Wildman–Crippen LogP) is 5.21. The van der Waals surface area contributed by atoms with Crippen LogP contribution in [0.25, 0.3) is 11.1 Å². The average Bonchev–Trinajstić information content (AvgIpc) is 3.39. The fraction of sp³-hybridized carbons (Fsp3) is 0.286. The Morgan fingerprint density at radius 2 is 1.62 bits per heavy atom. The molecule has 1 aliphatic heterocycles. The van der Waals surface area contributed by atoms with Crippen molar-refractivity contribution in [3.63, 3.8) is 0 Å². The Balaban J connectivity index is 1.41. The highest BCUT2D eigenvalue weighted by atomic mass is 16.5. The van der Waals surface area contributed by atoms with Gasteiger partial charge < -0.3 is 25.4 Å². The highest BCUT2D eigenvalue weighted by Gasteiger charge is 2.34. The number of carbonyl (C=O) groups excluding carboxylic acids is 2. The summed E-state index contributed by atoms with van der Waals surface area (Å²) in [4.78, 5) is 42.7. The van der Waals surface area contributed by atoms with E-state index in [2.05, 4.69) is 29.5 Å². The van der Waals surface area contributed by atoms with Crippen LogP contribution in [0.3, 0.4) is 0 Å². The molecule has 0 unspecified atom stereocenters. The van der Waals surface area contributed by atoms with Crippen LogP contribution in [0, 0.1) is 0 Å². The maximum absolute atomic E-state index is 13.0. The topological polar surface area (TPSA) is 121 Å². The number of amides is 3. The highest BCUT2D eigenvalue weighted by Crippen LogP contribution is 2.30. The number of benzene rings is 2. The normalized spacial score (nSPS) is 14.9. The molecule has 1 fully saturated rings. The number of carbonyl (C=O) groups is 3. The maximum atomic E-state index is 13.0. The molecule has 1 saturated heterocycles.